The molecule has 3 rings (SSSR count). The number of carbonyl (C=O) groups excluding carboxylic acids is 1. The Morgan fingerprint density at radius 3 is 2.91 bits per heavy atom. The molecule has 6 nitrogen and oxygen atoms in total. The molecule has 22 heavy (non-hydrogen) atoms. The molecule has 1 aliphatic carbocycles. The predicted octanol–water partition coefficient (Wildman–Crippen LogP) is 1.99. The number of nitrogens with one attached hydrogen (secondary N) is 2. The Balaban J connectivity index is 1.66. The zero-order valence-electron chi connectivity index (χ0n) is 12.4. The van der Waals surface area contributed by atoms with Crippen LogP contribution >= 0.6 is 0 Å². The summed E-state index contributed by atoms with van der Waals surface area (Å²) in [5.41, 5.74) is 1.40. The number of rotatable bonds is 6. The summed E-state index contributed by atoms with van der Waals surface area (Å²) >= 11 is 0. The van der Waals surface area contributed by atoms with E-state index in [0.29, 0.717) is 24.1 Å². The van der Waals surface area contributed by atoms with Gasteiger partial charge in [0.2, 0.25) is 0 Å². The Morgan fingerprint density at radius 1 is 1.32 bits per heavy atom. The molecule has 114 valence electrons. The van der Waals surface area contributed by atoms with Crippen molar-refractivity contribution in [1.29, 1.82) is 0 Å². The van der Waals surface area contributed by atoms with Crippen LogP contribution < -0.4 is 15.4 Å². The first kappa shape index (κ1) is 14.3. The highest BCUT2D eigenvalue weighted by Gasteiger charge is 2.24. The summed E-state index contributed by atoms with van der Waals surface area (Å²) in [5, 5.41) is 6.10. The molecule has 0 aliphatic heterocycles. The molecule has 1 fully saturated rings. The van der Waals surface area contributed by atoms with Gasteiger partial charge in [0.25, 0.3) is 5.91 Å². The number of ether oxygens (including phenoxy) is 1. The standard InChI is InChI=1S/C16H18N4O2/c1-22-14-5-3-2-4-11(14)9-17-15-8-13(18-10-19-15)16(21)20-12-6-7-12/h2-5,8,10,12H,6-7,9H2,1H3,(H,20,21)(H,17,18,19). The number of hydrogen-bond acceptors (Lipinski definition) is 5. The zero-order chi connectivity index (χ0) is 15.4. The highest BCUT2D eigenvalue weighted by molar-refractivity contribution is 5.93. The molecule has 1 saturated carbocycles. The van der Waals surface area contributed by atoms with Gasteiger partial charge in [-0.1, -0.05) is 18.2 Å². The van der Waals surface area contributed by atoms with E-state index in [1.807, 2.05) is 24.3 Å². The molecule has 0 atom stereocenters. The highest BCUT2D eigenvalue weighted by Crippen LogP contribution is 2.20. The van der Waals surface area contributed by atoms with Crippen LogP contribution in [-0.4, -0.2) is 29.0 Å². The average molecular weight is 298 g/mol. The molecule has 1 aliphatic rings. The van der Waals surface area contributed by atoms with E-state index in [-0.39, 0.29) is 5.91 Å². The number of methoxy groups -OCH3 is 1. The van der Waals surface area contributed by atoms with Crippen LogP contribution in [0.4, 0.5) is 5.82 Å². The molecule has 1 aromatic carbocycles. The van der Waals surface area contributed by atoms with E-state index in [2.05, 4.69) is 20.6 Å². The molecule has 6 heteroatoms. The lowest BCUT2D eigenvalue weighted by atomic mass is 10.2. The Morgan fingerprint density at radius 2 is 2.14 bits per heavy atom. The Hall–Kier alpha value is -2.63. The summed E-state index contributed by atoms with van der Waals surface area (Å²) < 4.78 is 5.31. The van der Waals surface area contributed by atoms with Crippen molar-refractivity contribution in [2.75, 3.05) is 12.4 Å². The highest BCUT2D eigenvalue weighted by atomic mass is 16.5. The van der Waals surface area contributed by atoms with Gasteiger partial charge in [0, 0.05) is 24.2 Å². The Bertz CT molecular complexity index is 671. The first-order valence-corrected chi connectivity index (χ1v) is 7.25. The number of benzene rings is 1. The normalized spacial score (nSPS) is 13.5. The third-order valence-electron chi connectivity index (χ3n) is 3.46. The maximum atomic E-state index is 12.0. The molecule has 0 spiro atoms. The van der Waals surface area contributed by atoms with Gasteiger partial charge in [0.05, 0.1) is 7.11 Å². The van der Waals surface area contributed by atoms with E-state index in [1.165, 1.54) is 6.33 Å². The van der Waals surface area contributed by atoms with Crippen LogP contribution in [0.5, 0.6) is 5.75 Å². The average Bonchev–Trinajstić information content (AvgIpc) is 3.37. The molecule has 1 aromatic heterocycles. The summed E-state index contributed by atoms with van der Waals surface area (Å²) in [6.07, 6.45) is 3.50. The summed E-state index contributed by atoms with van der Waals surface area (Å²) in [6, 6.07) is 9.74. The summed E-state index contributed by atoms with van der Waals surface area (Å²) in [7, 11) is 1.64. The summed E-state index contributed by atoms with van der Waals surface area (Å²) in [5.74, 6) is 1.28. The second kappa shape index (κ2) is 6.43. The number of anilines is 1. The number of hydrogen-bond donors (Lipinski definition) is 2. The third kappa shape index (κ3) is 3.52. The van der Waals surface area contributed by atoms with E-state index in [9.17, 15) is 4.79 Å². The van der Waals surface area contributed by atoms with Gasteiger partial charge in [-0.2, -0.15) is 0 Å². The van der Waals surface area contributed by atoms with Gasteiger partial charge in [0.15, 0.2) is 0 Å². The van der Waals surface area contributed by atoms with Crippen molar-refractivity contribution in [2.45, 2.75) is 25.4 Å². The number of para-hydroxylation sites is 1. The number of aromatic nitrogens is 2. The van der Waals surface area contributed by atoms with Gasteiger partial charge in [-0.15, -0.1) is 0 Å². The monoisotopic (exact) mass is 298 g/mol. The molecular formula is C16H18N4O2. The van der Waals surface area contributed by atoms with Crippen LogP contribution in [-0.2, 0) is 6.54 Å². The fourth-order valence-electron chi connectivity index (χ4n) is 2.10. The second-order valence-corrected chi connectivity index (χ2v) is 5.20. The van der Waals surface area contributed by atoms with Gasteiger partial charge in [-0.3, -0.25) is 4.79 Å². The van der Waals surface area contributed by atoms with Crippen molar-refractivity contribution in [3.8, 4) is 5.75 Å². The van der Waals surface area contributed by atoms with E-state index < -0.39 is 0 Å². The van der Waals surface area contributed by atoms with Crippen molar-refractivity contribution >= 4 is 11.7 Å². The Kier molecular flexibility index (Phi) is 4.18. The topological polar surface area (TPSA) is 76.1 Å². The SMILES string of the molecule is COc1ccccc1CNc1cc(C(=O)NC2CC2)ncn1. The number of carbonyl (C=O) groups is 1. The van der Waals surface area contributed by atoms with E-state index in [0.717, 1.165) is 24.2 Å². The largest absolute Gasteiger partial charge is 0.496 e. The van der Waals surface area contributed by atoms with Crippen molar-refractivity contribution in [2.24, 2.45) is 0 Å². The lowest BCUT2D eigenvalue weighted by molar-refractivity contribution is 0.0946. The van der Waals surface area contributed by atoms with Crippen LogP contribution in [0.3, 0.4) is 0 Å². The molecule has 1 amide bonds. The predicted molar refractivity (Wildman–Crippen MR) is 82.8 cm³/mol. The van der Waals surface area contributed by atoms with Crippen molar-refractivity contribution in [3.63, 3.8) is 0 Å². The van der Waals surface area contributed by atoms with Crippen molar-refractivity contribution in [1.82, 2.24) is 15.3 Å². The van der Waals surface area contributed by atoms with E-state index in [1.54, 1.807) is 13.2 Å². The fourth-order valence-corrected chi connectivity index (χ4v) is 2.10. The molecular weight excluding hydrogens is 280 g/mol. The molecule has 2 N–H and O–H groups in total. The van der Waals surface area contributed by atoms with Crippen molar-refractivity contribution < 1.29 is 9.53 Å². The van der Waals surface area contributed by atoms with Crippen molar-refractivity contribution in [3.05, 3.63) is 47.9 Å². The fraction of sp³-hybridized carbons (Fsp3) is 0.312. The maximum Gasteiger partial charge on any atom is 0.270 e. The third-order valence-corrected chi connectivity index (χ3v) is 3.46. The molecule has 0 unspecified atom stereocenters. The van der Waals surface area contributed by atoms with Gasteiger partial charge in [-0.25, -0.2) is 9.97 Å². The molecule has 0 saturated heterocycles. The van der Waals surface area contributed by atoms with Crippen LogP contribution in [0.15, 0.2) is 36.7 Å². The minimum absolute atomic E-state index is 0.148. The van der Waals surface area contributed by atoms with E-state index in [4.69, 9.17) is 4.74 Å². The van der Waals surface area contributed by atoms with Gasteiger partial charge in [-0.05, 0) is 18.9 Å². The van der Waals surface area contributed by atoms with Gasteiger partial charge >= 0.3 is 0 Å². The maximum absolute atomic E-state index is 12.0. The molecule has 1 heterocycles. The molecule has 2 aromatic rings. The summed E-state index contributed by atoms with van der Waals surface area (Å²) in [4.78, 5) is 20.1. The second-order valence-electron chi connectivity index (χ2n) is 5.20. The molecule has 0 bridgehead atoms. The van der Waals surface area contributed by atoms with Gasteiger partial charge in [0.1, 0.15) is 23.6 Å². The smallest absolute Gasteiger partial charge is 0.270 e. The van der Waals surface area contributed by atoms with Crippen LogP contribution in [0, 0.1) is 0 Å². The number of nitrogens with zero attached hydrogens (tertiary/aromatic N) is 2. The van der Waals surface area contributed by atoms with E-state index >= 15 is 0 Å². The zero-order valence-corrected chi connectivity index (χ0v) is 12.4. The minimum Gasteiger partial charge on any atom is -0.496 e. The van der Waals surface area contributed by atoms with Crippen LogP contribution in [0.2, 0.25) is 0 Å². The quantitative estimate of drug-likeness (QED) is 0.853. The molecule has 0 radical (unpaired) electrons. The first-order chi connectivity index (χ1) is 10.8. The lowest BCUT2D eigenvalue weighted by Gasteiger charge is -2.10. The van der Waals surface area contributed by atoms with Gasteiger partial charge < -0.3 is 15.4 Å². The van der Waals surface area contributed by atoms with Crippen LogP contribution in [0.1, 0.15) is 28.9 Å². The van der Waals surface area contributed by atoms with Crippen LogP contribution in [0.25, 0.3) is 0 Å². The Labute approximate surface area is 128 Å². The first-order valence-electron chi connectivity index (χ1n) is 7.25. The minimum atomic E-state index is -0.148. The summed E-state index contributed by atoms with van der Waals surface area (Å²) in [6.45, 7) is 0.560. The lowest BCUT2D eigenvalue weighted by Crippen LogP contribution is -2.26. The number of amides is 1.